The van der Waals surface area contributed by atoms with Crippen molar-refractivity contribution in [2.24, 2.45) is 0 Å². The maximum absolute atomic E-state index is 12.4. The van der Waals surface area contributed by atoms with E-state index in [0.717, 1.165) is 23.3 Å². The molecule has 4 nitrogen and oxygen atoms in total. The molecule has 1 atom stereocenters. The Balaban J connectivity index is 1.95. The molecule has 0 unspecified atom stereocenters. The molecule has 132 valence electrons. The smallest absolute Gasteiger partial charge is 0.307 e. The molecule has 0 bridgehead atoms. The van der Waals surface area contributed by atoms with Crippen LogP contribution in [-0.4, -0.2) is 23.2 Å². The molecule has 0 amide bonds. The van der Waals surface area contributed by atoms with Crippen molar-refractivity contribution in [2.45, 2.75) is 45.1 Å². The Hall–Kier alpha value is -2.07. The average Bonchev–Trinajstić information content (AvgIpc) is 2.99. The van der Waals surface area contributed by atoms with Crippen molar-refractivity contribution in [3.63, 3.8) is 0 Å². The normalized spacial score (nSPS) is 14.6. The third kappa shape index (κ3) is 4.31. The largest absolute Gasteiger partial charge is 0.493 e. The van der Waals surface area contributed by atoms with Gasteiger partial charge in [0.25, 0.3) is 0 Å². The highest BCUT2D eigenvalue weighted by atomic mass is 35.5. The fourth-order valence-corrected chi connectivity index (χ4v) is 3.27. The zero-order chi connectivity index (χ0) is 18.0. The van der Waals surface area contributed by atoms with Gasteiger partial charge < -0.3 is 9.47 Å². The predicted molar refractivity (Wildman–Crippen MR) is 97.2 cm³/mol. The minimum absolute atomic E-state index is 0.196. The lowest BCUT2D eigenvalue weighted by atomic mass is 9.88. The highest BCUT2D eigenvalue weighted by molar-refractivity contribution is 6.30. The van der Waals surface area contributed by atoms with E-state index in [4.69, 9.17) is 21.1 Å². The van der Waals surface area contributed by atoms with Crippen LogP contribution in [0.3, 0.4) is 0 Å². The van der Waals surface area contributed by atoms with Gasteiger partial charge >= 0.3 is 5.97 Å². The van der Waals surface area contributed by atoms with Gasteiger partial charge in [0.15, 0.2) is 0 Å². The predicted octanol–water partition coefficient (Wildman–Crippen LogP) is 4.53. The van der Waals surface area contributed by atoms with Gasteiger partial charge in [-0.05, 0) is 49.6 Å². The molecule has 5 heteroatoms. The summed E-state index contributed by atoms with van der Waals surface area (Å²) in [6.45, 7) is 6.28. The van der Waals surface area contributed by atoms with E-state index in [1.165, 1.54) is 5.56 Å². The summed E-state index contributed by atoms with van der Waals surface area (Å²) < 4.78 is 11.2. The Morgan fingerprint density at radius 2 is 2.16 bits per heavy atom. The molecule has 0 saturated heterocycles. The second kappa shape index (κ2) is 7.04. The lowest BCUT2D eigenvalue weighted by Crippen LogP contribution is -2.25. The Kier molecular flexibility index (Phi) is 5.00. The number of ether oxygens (including phenoxy) is 2. The van der Waals surface area contributed by atoms with Crippen LogP contribution in [-0.2, 0) is 16.0 Å². The quantitative estimate of drug-likeness (QED) is 0.594. The number of nitrogens with zero attached hydrogens (tertiary/aromatic N) is 1. The van der Waals surface area contributed by atoms with Gasteiger partial charge in [0.1, 0.15) is 16.5 Å². The van der Waals surface area contributed by atoms with E-state index in [-0.39, 0.29) is 18.3 Å². The van der Waals surface area contributed by atoms with E-state index in [2.05, 4.69) is 11.1 Å². The Labute approximate surface area is 153 Å². The van der Waals surface area contributed by atoms with Crippen LogP contribution in [0.4, 0.5) is 0 Å². The summed E-state index contributed by atoms with van der Waals surface area (Å²) in [5.74, 6) is 0.385. The van der Waals surface area contributed by atoms with Crippen molar-refractivity contribution in [3.8, 4) is 5.75 Å². The first-order valence-corrected chi connectivity index (χ1v) is 8.79. The molecular formula is C20H22ClNO3. The van der Waals surface area contributed by atoms with Gasteiger partial charge in [0.2, 0.25) is 0 Å². The molecule has 0 N–H and O–H groups in total. The molecule has 1 aromatic heterocycles. The molecule has 0 saturated carbocycles. The number of hydrogen-bond acceptors (Lipinski definition) is 4. The van der Waals surface area contributed by atoms with Crippen molar-refractivity contribution in [3.05, 3.63) is 58.4 Å². The van der Waals surface area contributed by atoms with Crippen LogP contribution in [0.1, 0.15) is 49.8 Å². The number of benzene rings is 1. The summed E-state index contributed by atoms with van der Waals surface area (Å²) in [6, 6.07) is 9.82. The van der Waals surface area contributed by atoms with E-state index >= 15 is 0 Å². The highest BCUT2D eigenvalue weighted by Crippen LogP contribution is 2.36. The van der Waals surface area contributed by atoms with Crippen LogP contribution in [0.2, 0.25) is 5.15 Å². The third-order valence-electron chi connectivity index (χ3n) is 4.08. The fraction of sp³-hybridized carbons (Fsp3) is 0.400. The molecule has 25 heavy (non-hydrogen) atoms. The lowest BCUT2D eigenvalue weighted by molar-refractivity contribution is -0.155. The Morgan fingerprint density at radius 1 is 1.36 bits per heavy atom. The summed E-state index contributed by atoms with van der Waals surface area (Å²) in [6.07, 6.45) is 2.75. The van der Waals surface area contributed by atoms with Crippen molar-refractivity contribution < 1.29 is 14.3 Å². The number of fused-ring (bicyclic) bond motifs is 1. The summed E-state index contributed by atoms with van der Waals surface area (Å²) >= 11 is 6.31. The maximum Gasteiger partial charge on any atom is 0.307 e. The monoisotopic (exact) mass is 359 g/mol. The first-order chi connectivity index (χ1) is 11.8. The molecule has 0 fully saturated rings. The number of hydrogen-bond donors (Lipinski definition) is 0. The lowest BCUT2D eigenvalue weighted by Gasteiger charge is -2.23. The minimum atomic E-state index is -0.526. The second-order valence-corrected chi connectivity index (χ2v) is 7.55. The van der Waals surface area contributed by atoms with E-state index in [1.807, 2.05) is 45.0 Å². The first-order valence-electron chi connectivity index (χ1n) is 8.41. The van der Waals surface area contributed by atoms with Gasteiger partial charge in [0.05, 0.1) is 13.0 Å². The molecular weight excluding hydrogens is 338 g/mol. The first kappa shape index (κ1) is 17.7. The molecule has 2 heterocycles. The van der Waals surface area contributed by atoms with Crippen LogP contribution < -0.4 is 4.74 Å². The van der Waals surface area contributed by atoms with Crippen molar-refractivity contribution in [1.82, 2.24) is 4.98 Å². The standard InChI is InChI=1S/C20H22ClNO3/c1-20(2,3)25-18(23)12-16(15-5-4-9-22-19(15)21)14-7-6-13-8-10-24-17(13)11-14/h4-7,9,11,16H,8,10,12H2,1-3H3/t16-/m0/s1. The van der Waals surface area contributed by atoms with Gasteiger partial charge in [-0.2, -0.15) is 0 Å². The summed E-state index contributed by atoms with van der Waals surface area (Å²) in [4.78, 5) is 16.6. The Morgan fingerprint density at radius 3 is 2.88 bits per heavy atom. The number of pyridine rings is 1. The zero-order valence-electron chi connectivity index (χ0n) is 14.7. The van der Waals surface area contributed by atoms with Gasteiger partial charge in [-0.3, -0.25) is 4.79 Å². The number of carbonyl (C=O) groups excluding carboxylic acids is 1. The van der Waals surface area contributed by atoms with Crippen molar-refractivity contribution in [1.29, 1.82) is 0 Å². The number of rotatable bonds is 4. The summed E-state index contributed by atoms with van der Waals surface area (Å²) in [5, 5.41) is 0.400. The minimum Gasteiger partial charge on any atom is -0.493 e. The molecule has 0 spiro atoms. The molecule has 2 aromatic rings. The fourth-order valence-electron chi connectivity index (χ4n) is 3.02. The zero-order valence-corrected chi connectivity index (χ0v) is 15.5. The maximum atomic E-state index is 12.4. The van der Waals surface area contributed by atoms with Gasteiger partial charge in [-0.15, -0.1) is 0 Å². The molecule has 1 aromatic carbocycles. The summed E-state index contributed by atoms with van der Waals surface area (Å²) in [5.41, 5.74) is 2.45. The van der Waals surface area contributed by atoms with Gasteiger partial charge in [0, 0.05) is 18.5 Å². The molecule has 1 aliphatic heterocycles. The van der Waals surface area contributed by atoms with Gasteiger partial charge in [-0.1, -0.05) is 29.8 Å². The van der Waals surface area contributed by atoms with Gasteiger partial charge in [-0.25, -0.2) is 4.98 Å². The van der Waals surface area contributed by atoms with Crippen LogP contribution in [0.15, 0.2) is 36.5 Å². The number of aromatic nitrogens is 1. The van der Waals surface area contributed by atoms with E-state index in [1.54, 1.807) is 6.20 Å². The number of carbonyl (C=O) groups is 1. The van der Waals surface area contributed by atoms with Crippen LogP contribution in [0, 0.1) is 0 Å². The molecule has 3 rings (SSSR count). The van der Waals surface area contributed by atoms with E-state index < -0.39 is 5.60 Å². The SMILES string of the molecule is CC(C)(C)OC(=O)C[C@@H](c1ccc2c(c1)OCC2)c1cccnc1Cl. The van der Waals surface area contributed by atoms with Crippen LogP contribution in [0.25, 0.3) is 0 Å². The molecule has 0 aliphatic carbocycles. The van der Waals surface area contributed by atoms with Crippen LogP contribution >= 0.6 is 11.6 Å². The van der Waals surface area contributed by atoms with E-state index in [9.17, 15) is 4.79 Å². The Bertz CT molecular complexity index is 783. The van der Waals surface area contributed by atoms with Crippen LogP contribution in [0.5, 0.6) is 5.75 Å². The molecule has 1 aliphatic rings. The van der Waals surface area contributed by atoms with E-state index in [0.29, 0.717) is 11.8 Å². The number of esters is 1. The highest BCUT2D eigenvalue weighted by Gasteiger charge is 2.26. The third-order valence-corrected chi connectivity index (χ3v) is 4.39. The second-order valence-electron chi connectivity index (χ2n) is 7.19. The van der Waals surface area contributed by atoms with Crippen molar-refractivity contribution >= 4 is 17.6 Å². The average molecular weight is 360 g/mol. The summed E-state index contributed by atoms with van der Waals surface area (Å²) in [7, 11) is 0. The number of halogens is 1. The van der Waals surface area contributed by atoms with Crippen molar-refractivity contribution in [2.75, 3.05) is 6.61 Å². The topological polar surface area (TPSA) is 48.4 Å². The molecule has 0 radical (unpaired) electrons.